The third kappa shape index (κ3) is 3.10. The van der Waals surface area contributed by atoms with E-state index in [-0.39, 0.29) is 17.1 Å². The first-order valence-electron chi connectivity index (χ1n) is 7.72. The van der Waals surface area contributed by atoms with Crippen LogP contribution in [0.25, 0.3) is 0 Å². The van der Waals surface area contributed by atoms with Crippen LogP contribution in [0.5, 0.6) is 0 Å². The number of carboxylic acids is 1. The molecule has 3 rings (SSSR count). The third-order valence-corrected chi connectivity index (χ3v) is 4.25. The molecule has 0 radical (unpaired) electrons. The number of halogens is 4. The van der Waals surface area contributed by atoms with Gasteiger partial charge in [0.25, 0.3) is 0 Å². The highest BCUT2D eigenvalue weighted by atomic mass is 19.4. The molecule has 138 valence electrons. The molecule has 0 fully saturated rings. The van der Waals surface area contributed by atoms with Gasteiger partial charge in [0.2, 0.25) is 0 Å². The van der Waals surface area contributed by atoms with E-state index < -0.39 is 30.5 Å². The lowest BCUT2D eigenvalue weighted by Gasteiger charge is -2.37. The summed E-state index contributed by atoms with van der Waals surface area (Å²) in [5.74, 6) is -1.93. The monoisotopic (exact) mass is 369 g/mol. The van der Waals surface area contributed by atoms with Crippen molar-refractivity contribution in [3.8, 4) is 0 Å². The van der Waals surface area contributed by atoms with Gasteiger partial charge in [-0.15, -0.1) is 0 Å². The highest BCUT2D eigenvalue weighted by Gasteiger charge is 2.48. The molecule has 0 saturated carbocycles. The van der Waals surface area contributed by atoms with Gasteiger partial charge in [0.05, 0.1) is 17.8 Å². The number of aliphatic imine (C=N–C) groups is 1. The molecular weight excluding hydrogens is 354 g/mol. The van der Waals surface area contributed by atoms with Gasteiger partial charge in [-0.2, -0.15) is 18.2 Å². The minimum Gasteiger partial charge on any atom is -0.478 e. The molecule has 1 aromatic rings. The van der Waals surface area contributed by atoms with Gasteiger partial charge in [0.1, 0.15) is 11.9 Å². The van der Waals surface area contributed by atoms with Crippen LogP contribution in [-0.4, -0.2) is 45.6 Å². The fourth-order valence-electron chi connectivity index (χ4n) is 2.88. The summed E-state index contributed by atoms with van der Waals surface area (Å²) in [5.41, 5.74) is 0.807. The van der Waals surface area contributed by atoms with Gasteiger partial charge in [0.15, 0.2) is 5.82 Å². The Morgan fingerprint density at radius 2 is 2.04 bits per heavy atom. The maximum Gasteiger partial charge on any atom is 0.405 e. The van der Waals surface area contributed by atoms with E-state index in [1.165, 1.54) is 24.3 Å². The van der Waals surface area contributed by atoms with E-state index in [4.69, 9.17) is 0 Å². The van der Waals surface area contributed by atoms with E-state index in [1.54, 1.807) is 13.0 Å². The van der Waals surface area contributed by atoms with Crippen molar-refractivity contribution in [2.75, 3.05) is 6.54 Å². The van der Waals surface area contributed by atoms with Crippen LogP contribution in [0.3, 0.4) is 0 Å². The molecule has 0 aromatic heterocycles. The molecule has 0 saturated heterocycles. The van der Waals surface area contributed by atoms with Gasteiger partial charge in [0, 0.05) is 11.3 Å². The standard InChI is InChI=1S/C17H15F4N3O2/c1-9-6-14(11-4-3-5-12(18)7-11)22-15-13(16(25)26)8-23(24(9)15)10(2)17(19,20)21/h3-7,10H,8H2,1-2H3,(H,25,26)/t10-/m1/s1. The second kappa shape index (κ2) is 6.24. The number of carboxylic acid groups (broad SMARTS) is 1. The summed E-state index contributed by atoms with van der Waals surface area (Å²) >= 11 is 0. The van der Waals surface area contributed by atoms with Gasteiger partial charge in [-0.25, -0.2) is 14.2 Å². The molecule has 9 heteroatoms. The van der Waals surface area contributed by atoms with Crippen molar-refractivity contribution >= 4 is 11.7 Å². The number of fused-ring (bicyclic) bond motifs is 1. The topological polar surface area (TPSA) is 56.1 Å². The largest absolute Gasteiger partial charge is 0.478 e. The zero-order valence-electron chi connectivity index (χ0n) is 13.9. The number of alkyl halides is 3. The molecule has 0 amide bonds. The molecule has 26 heavy (non-hydrogen) atoms. The summed E-state index contributed by atoms with van der Waals surface area (Å²) < 4.78 is 53.0. The molecule has 2 heterocycles. The summed E-state index contributed by atoms with van der Waals surface area (Å²) in [6, 6.07) is 3.64. The van der Waals surface area contributed by atoms with Crippen molar-refractivity contribution in [1.82, 2.24) is 10.0 Å². The zero-order chi connectivity index (χ0) is 19.2. The number of hydrazine groups is 1. The number of carbonyl (C=O) groups is 1. The fourth-order valence-corrected chi connectivity index (χ4v) is 2.88. The molecule has 0 spiro atoms. The summed E-state index contributed by atoms with van der Waals surface area (Å²) in [6.45, 7) is 2.08. The average molecular weight is 369 g/mol. The number of benzene rings is 1. The molecule has 1 N–H and O–H groups in total. The second-order valence-electron chi connectivity index (χ2n) is 6.03. The smallest absolute Gasteiger partial charge is 0.405 e. The summed E-state index contributed by atoms with van der Waals surface area (Å²) in [5, 5.41) is 11.5. The van der Waals surface area contributed by atoms with Gasteiger partial charge < -0.3 is 5.11 Å². The maximum atomic E-state index is 13.5. The number of hydrogen-bond acceptors (Lipinski definition) is 4. The van der Waals surface area contributed by atoms with Crippen LogP contribution in [-0.2, 0) is 4.79 Å². The van der Waals surface area contributed by atoms with Crippen LogP contribution in [0.1, 0.15) is 19.4 Å². The van der Waals surface area contributed by atoms with Crippen LogP contribution in [0.2, 0.25) is 0 Å². The molecule has 2 aliphatic heterocycles. The van der Waals surface area contributed by atoms with Crippen molar-refractivity contribution in [2.45, 2.75) is 26.1 Å². The van der Waals surface area contributed by atoms with E-state index in [0.29, 0.717) is 11.3 Å². The Kier molecular flexibility index (Phi) is 4.35. The normalized spacial score (nSPS) is 19.2. The lowest BCUT2D eigenvalue weighted by Crippen LogP contribution is -2.50. The van der Waals surface area contributed by atoms with E-state index in [2.05, 4.69) is 4.99 Å². The lowest BCUT2D eigenvalue weighted by molar-refractivity contribution is -0.201. The SMILES string of the molecule is CC1=CC(c2cccc(F)c2)=NC2=C(C(=O)O)CN([C@H](C)C(F)(F)F)N12. The maximum absolute atomic E-state index is 13.5. The Labute approximate surface area is 146 Å². The molecule has 1 aromatic carbocycles. The number of allylic oxidation sites excluding steroid dienone is 2. The van der Waals surface area contributed by atoms with Crippen LogP contribution < -0.4 is 0 Å². The van der Waals surface area contributed by atoms with Crippen LogP contribution >= 0.6 is 0 Å². The summed E-state index contributed by atoms with van der Waals surface area (Å²) in [7, 11) is 0. The molecule has 1 atom stereocenters. The fraction of sp³-hybridized carbons (Fsp3) is 0.294. The number of aliphatic carboxylic acids is 1. The second-order valence-corrected chi connectivity index (χ2v) is 6.03. The van der Waals surface area contributed by atoms with Crippen molar-refractivity contribution in [1.29, 1.82) is 0 Å². The predicted octanol–water partition coefficient (Wildman–Crippen LogP) is 3.31. The Morgan fingerprint density at radius 3 is 2.62 bits per heavy atom. The third-order valence-electron chi connectivity index (χ3n) is 4.25. The van der Waals surface area contributed by atoms with E-state index in [9.17, 15) is 27.5 Å². The molecule has 2 aliphatic rings. The quantitative estimate of drug-likeness (QED) is 0.831. The Hall–Kier alpha value is -2.68. The van der Waals surface area contributed by atoms with E-state index in [1.807, 2.05) is 0 Å². The van der Waals surface area contributed by atoms with Gasteiger partial charge in [-0.1, -0.05) is 12.1 Å². The van der Waals surface area contributed by atoms with Crippen LogP contribution in [0, 0.1) is 5.82 Å². The Balaban J connectivity index is 2.08. The molecule has 0 bridgehead atoms. The average Bonchev–Trinajstić information content (AvgIpc) is 2.93. The molecule has 5 nitrogen and oxygen atoms in total. The van der Waals surface area contributed by atoms with Crippen molar-refractivity contribution in [2.24, 2.45) is 4.99 Å². The first-order valence-corrected chi connectivity index (χ1v) is 7.72. The first-order chi connectivity index (χ1) is 12.1. The first kappa shape index (κ1) is 18.1. The highest BCUT2D eigenvalue weighted by Crippen LogP contribution is 2.37. The van der Waals surface area contributed by atoms with E-state index in [0.717, 1.165) is 16.9 Å². The summed E-state index contributed by atoms with van der Waals surface area (Å²) in [4.78, 5) is 15.7. The van der Waals surface area contributed by atoms with E-state index >= 15 is 0 Å². The summed E-state index contributed by atoms with van der Waals surface area (Å²) in [6.07, 6.45) is -3.04. The van der Waals surface area contributed by atoms with Crippen molar-refractivity contribution < 1.29 is 27.5 Å². The van der Waals surface area contributed by atoms with Gasteiger partial charge in [-0.3, -0.25) is 5.01 Å². The Bertz CT molecular complexity index is 858. The Morgan fingerprint density at radius 1 is 1.35 bits per heavy atom. The molecule has 0 unspecified atom stereocenters. The predicted molar refractivity (Wildman–Crippen MR) is 85.4 cm³/mol. The highest BCUT2D eigenvalue weighted by molar-refractivity contribution is 6.10. The zero-order valence-corrected chi connectivity index (χ0v) is 13.9. The molecule has 0 aliphatic carbocycles. The van der Waals surface area contributed by atoms with Crippen molar-refractivity contribution in [3.63, 3.8) is 0 Å². The number of rotatable bonds is 3. The minimum absolute atomic E-state index is 0.0899. The number of hydrogen-bond donors (Lipinski definition) is 1. The van der Waals surface area contributed by atoms with Crippen LogP contribution in [0.4, 0.5) is 17.6 Å². The lowest BCUT2D eigenvalue weighted by atomic mass is 10.1. The van der Waals surface area contributed by atoms with Crippen molar-refractivity contribution in [3.05, 3.63) is 58.8 Å². The number of nitrogens with zero attached hydrogens (tertiary/aromatic N) is 3. The molecular formula is C17H15F4N3O2. The van der Waals surface area contributed by atoms with Gasteiger partial charge in [-0.05, 0) is 32.1 Å². The van der Waals surface area contributed by atoms with Gasteiger partial charge >= 0.3 is 12.1 Å². The van der Waals surface area contributed by atoms with Crippen LogP contribution in [0.15, 0.2) is 52.4 Å². The minimum atomic E-state index is -4.54.